The van der Waals surface area contributed by atoms with Crippen LogP contribution in [0.3, 0.4) is 0 Å². The Hall–Kier alpha value is -1.67. The average Bonchev–Trinajstić information content (AvgIpc) is 2.77. The van der Waals surface area contributed by atoms with Crippen molar-refractivity contribution in [2.24, 2.45) is 5.92 Å². The lowest BCUT2D eigenvalue weighted by Gasteiger charge is -2.19. The van der Waals surface area contributed by atoms with E-state index >= 15 is 0 Å². The Bertz CT molecular complexity index is 735. The second-order valence-electron chi connectivity index (χ2n) is 5.33. The summed E-state index contributed by atoms with van der Waals surface area (Å²) < 4.78 is 27.3. The maximum Gasteiger partial charge on any atom is 0.339 e. The van der Waals surface area contributed by atoms with Gasteiger partial charge in [0.2, 0.25) is 15.0 Å². The number of pyridine rings is 1. The second kappa shape index (κ2) is 6.84. The van der Waals surface area contributed by atoms with Gasteiger partial charge in [-0.3, -0.25) is 9.78 Å². The van der Waals surface area contributed by atoms with Crippen LogP contribution in [0.15, 0.2) is 12.3 Å². The highest BCUT2D eigenvalue weighted by atomic mass is 35.7. The maximum atomic E-state index is 12.2. The summed E-state index contributed by atoms with van der Waals surface area (Å²) in [6, 6.07) is 1.54. The van der Waals surface area contributed by atoms with E-state index in [1.54, 1.807) is 13.8 Å². The predicted molar refractivity (Wildman–Crippen MR) is 85.0 cm³/mol. The molecule has 23 heavy (non-hydrogen) atoms. The van der Waals surface area contributed by atoms with Gasteiger partial charge < -0.3 is 9.64 Å². The fourth-order valence-corrected chi connectivity index (χ4v) is 3.85. The Kier molecular flexibility index (Phi) is 5.26. The number of aryl methyl sites for hydroxylation is 1. The van der Waals surface area contributed by atoms with E-state index in [-0.39, 0.29) is 42.7 Å². The number of carbonyl (C=O) groups excluding carboxylic acids is 2. The van der Waals surface area contributed by atoms with E-state index in [2.05, 4.69) is 4.98 Å². The number of rotatable bonds is 5. The number of nitrogens with zero attached hydrogens (tertiary/aromatic N) is 2. The molecule has 1 amide bonds. The predicted octanol–water partition coefficient (Wildman–Crippen LogP) is 1.49. The van der Waals surface area contributed by atoms with E-state index in [0.29, 0.717) is 11.4 Å². The molecule has 1 aromatic rings. The van der Waals surface area contributed by atoms with Gasteiger partial charge in [-0.1, -0.05) is 0 Å². The van der Waals surface area contributed by atoms with Crippen LogP contribution in [0.1, 0.15) is 29.4 Å². The van der Waals surface area contributed by atoms with Crippen molar-refractivity contribution in [2.45, 2.75) is 20.3 Å². The molecule has 1 aliphatic rings. The van der Waals surface area contributed by atoms with E-state index in [0.717, 1.165) is 0 Å². The SMILES string of the molecule is CCOC(=O)c1cnc(C)c(N2CC(CS(=O)(=O)Cl)CC2=O)c1. The molecular formula is C14H17ClN2O5S. The summed E-state index contributed by atoms with van der Waals surface area (Å²) in [5.74, 6) is -1.38. The molecule has 2 heterocycles. The molecule has 0 saturated carbocycles. The van der Waals surface area contributed by atoms with Crippen LogP contribution in [-0.2, 0) is 18.6 Å². The van der Waals surface area contributed by atoms with Crippen LogP contribution in [0.2, 0.25) is 0 Å². The summed E-state index contributed by atoms with van der Waals surface area (Å²) in [6.07, 6.45) is 1.48. The molecule has 0 bridgehead atoms. The van der Waals surface area contributed by atoms with E-state index in [1.807, 2.05) is 0 Å². The van der Waals surface area contributed by atoms with Crippen molar-refractivity contribution >= 4 is 37.3 Å². The van der Waals surface area contributed by atoms with Crippen molar-refractivity contribution in [3.8, 4) is 0 Å². The lowest BCUT2D eigenvalue weighted by Crippen LogP contribution is -2.26. The minimum absolute atomic E-state index is 0.0923. The van der Waals surface area contributed by atoms with Crippen LogP contribution in [-0.4, -0.2) is 44.2 Å². The van der Waals surface area contributed by atoms with Gasteiger partial charge in [-0.2, -0.15) is 0 Å². The Labute approximate surface area is 139 Å². The molecule has 1 atom stereocenters. The Balaban J connectivity index is 2.26. The monoisotopic (exact) mass is 360 g/mol. The van der Waals surface area contributed by atoms with Crippen LogP contribution in [0.4, 0.5) is 5.69 Å². The lowest BCUT2D eigenvalue weighted by molar-refractivity contribution is -0.117. The van der Waals surface area contributed by atoms with Gasteiger partial charge >= 0.3 is 5.97 Å². The molecule has 1 unspecified atom stereocenters. The number of anilines is 1. The molecule has 126 valence electrons. The molecule has 9 heteroatoms. The van der Waals surface area contributed by atoms with Crippen molar-refractivity contribution < 1.29 is 22.7 Å². The first-order chi connectivity index (χ1) is 10.7. The largest absolute Gasteiger partial charge is 0.462 e. The molecular weight excluding hydrogens is 344 g/mol. The van der Waals surface area contributed by atoms with Gasteiger partial charge in [0.1, 0.15) is 0 Å². The first kappa shape index (κ1) is 17.7. The van der Waals surface area contributed by atoms with Gasteiger partial charge in [0, 0.05) is 35.8 Å². The second-order valence-corrected chi connectivity index (χ2v) is 8.15. The molecule has 0 aromatic carbocycles. The number of carbonyl (C=O) groups is 2. The zero-order valence-electron chi connectivity index (χ0n) is 12.8. The third kappa shape index (κ3) is 4.42. The van der Waals surface area contributed by atoms with Crippen LogP contribution in [0, 0.1) is 12.8 Å². The van der Waals surface area contributed by atoms with E-state index < -0.39 is 15.0 Å². The highest BCUT2D eigenvalue weighted by Crippen LogP contribution is 2.29. The molecule has 0 spiro atoms. The average molecular weight is 361 g/mol. The Morgan fingerprint density at radius 1 is 1.52 bits per heavy atom. The zero-order chi connectivity index (χ0) is 17.2. The molecule has 1 aromatic heterocycles. The molecule has 7 nitrogen and oxygen atoms in total. The summed E-state index contributed by atoms with van der Waals surface area (Å²) in [6.45, 7) is 3.87. The van der Waals surface area contributed by atoms with Gasteiger partial charge in [-0.25, -0.2) is 13.2 Å². The van der Waals surface area contributed by atoms with Crippen LogP contribution >= 0.6 is 10.7 Å². The zero-order valence-corrected chi connectivity index (χ0v) is 14.4. The highest BCUT2D eigenvalue weighted by Gasteiger charge is 2.34. The highest BCUT2D eigenvalue weighted by molar-refractivity contribution is 8.13. The topological polar surface area (TPSA) is 93.6 Å². The number of hydrogen-bond donors (Lipinski definition) is 0. The molecule has 0 aliphatic carbocycles. The Morgan fingerprint density at radius 3 is 2.83 bits per heavy atom. The van der Waals surface area contributed by atoms with E-state index in [9.17, 15) is 18.0 Å². The standard InChI is InChI=1S/C14H17ClN2O5S/c1-3-22-14(19)11-5-12(9(2)16-6-11)17-7-10(4-13(17)18)8-23(15,20)21/h5-6,10H,3-4,7-8H2,1-2H3. The van der Waals surface area contributed by atoms with Gasteiger partial charge in [-0.05, 0) is 19.9 Å². The number of aromatic nitrogens is 1. The molecule has 1 aliphatic heterocycles. The number of amides is 1. The normalized spacial score (nSPS) is 18.3. The van der Waals surface area contributed by atoms with Crippen molar-refractivity contribution in [3.05, 3.63) is 23.5 Å². The summed E-state index contributed by atoms with van der Waals surface area (Å²) >= 11 is 0. The molecule has 2 rings (SSSR count). The number of hydrogen-bond acceptors (Lipinski definition) is 6. The summed E-state index contributed by atoms with van der Waals surface area (Å²) in [7, 11) is 1.58. The van der Waals surface area contributed by atoms with E-state index in [1.165, 1.54) is 17.2 Å². The van der Waals surface area contributed by atoms with Gasteiger partial charge in [0.05, 0.1) is 29.3 Å². The van der Waals surface area contributed by atoms with Gasteiger partial charge in [0.25, 0.3) is 0 Å². The molecule has 1 saturated heterocycles. The fourth-order valence-electron chi connectivity index (χ4n) is 2.53. The third-order valence-corrected chi connectivity index (χ3v) is 4.75. The number of ether oxygens (including phenoxy) is 1. The van der Waals surface area contributed by atoms with Crippen molar-refractivity contribution in [1.29, 1.82) is 0 Å². The number of halogens is 1. The minimum Gasteiger partial charge on any atom is -0.462 e. The summed E-state index contributed by atoms with van der Waals surface area (Å²) in [4.78, 5) is 29.5. The molecule has 1 fully saturated rings. The van der Waals surface area contributed by atoms with Gasteiger partial charge in [-0.15, -0.1) is 0 Å². The van der Waals surface area contributed by atoms with Gasteiger partial charge in [0.15, 0.2) is 0 Å². The van der Waals surface area contributed by atoms with Crippen molar-refractivity contribution in [3.63, 3.8) is 0 Å². The fraction of sp³-hybridized carbons (Fsp3) is 0.500. The van der Waals surface area contributed by atoms with E-state index in [4.69, 9.17) is 15.4 Å². The quantitative estimate of drug-likeness (QED) is 0.583. The van der Waals surface area contributed by atoms with Crippen molar-refractivity contribution in [2.75, 3.05) is 23.8 Å². The summed E-state index contributed by atoms with van der Waals surface area (Å²) in [5, 5.41) is 0. The first-order valence-electron chi connectivity index (χ1n) is 7.07. The van der Waals surface area contributed by atoms with Crippen LogP contribution < -0.4 is 4.90 Å². The smallest absolute Gasteiger partial charge is 0.339 e. The summed E-state index contributed by atoms with van der Waals surface area (Å²) in [5.41, 5.74) is 1.30. The minimum atomic E-state index is -3.67. The molecule has 0 radical (unpaired) electrons. The lowest BCUT2D eigenvalue weighted by atomic mass is 10.1. The third-order valence-electron chi connectivity index (χ3n) is 3.50. The van der Waals surface area contributed by atoms with Crippen LogP contribution in [0.25, 0.3) is 0 Å². The van der Waals surface area contributed by atoms with Crippen LogP contribution in [0.5, 0.6) is 0 Å². The van der Waals surface area contributed by atoms with Crippen molar-refractivity contribution in [1.82, 2.24) is 4.98 Å². The first-order valence-corrected chi connectivity index (χ1v) is 9.55. The number of esters is 1. The Morgan fingerprint density at radius 2 is 2.22 bits per heavy atom. The maximum absolute atomic E-state index is 12.2. The molecule has 0 N–H and O–H groups in total.